The second-order valence-corrected chi connectivity index (χ2v) is 19.2. The van der Waals surface area contributed by atoms with E-state index in [4.69, 9.17) is 14.2 Å². The van der Waals surface area contributed by atoms with Crippen molar-refractivity contribution in [3.8, 4) is 0 Å². The van der Waals surface area contributed by atoms with Crippen molar-refractivity contribution in [3.05, 3.63) is 24.3 Å². The number of allylic oxidation sites excluding steroid dienone is 4. The lowest BCUT2D eigenvalue weighted by Crippen LogP contribution is -2.30. The second kappa shape index (κ2) is 53.5. The van der Waals surface area contributed by atoms with Crippen molar-refractivity contribution in [2.45, 2.75) is 316 Å². The summed E-state index contributed by atoms with van der Waals surface area (Å²) in [7, 11) is 0. The van der Waals surface area contributed by atoms with E-state index >= 15 is 0 Å². The number of hydrogen-bond donors (Lipinski definition) is 0. The molecule has 1 unspecified atom stereocenters. The average Bonchev–Trinajstić information content (AvgIpc) is 3.29. The Morgan fingerprint density at radius 1 is 0.297 bits per heavy atom. The lowest BCUT2D eigenvalue weighted by molar-refractivity contribution is -0.167. The fourth-order valence-corrected chi connectivity index (χ4v) is 8.37. The third-order valence-corrected chi connectivity index (χ3v) is 12.7. The summed E-state index contributed by atoms with van der Waals surface area (Å²) in [5.74, 6) is -0.874. The Hall–Kier alpha value is -2.11. The zero-order valence-corrected chi connectivity index (χ0v) is 43.1. The Kier molecular flexibility index (Phi) is 51.7. The van der Waals surface area contributed by atoms with Crippen LogP contribution in [0.5, 0.6) is 0 Å². The predicted octanol–water partition coefficient (Wildman–Crippen LogP) is 18.7. The minimum absolute atomic E-state index is 0.0731. The van der Waals surface area contributed by atoms with E-state index in [2.05, 4.69) is 45.1 Å². The monoisotopic (exact) mass is 901 g/mol. The van der Waals surface area contributed by atoms with E-state index in [1.807, 2.05) is 0 Å². The summed E-state index contributed by atoms with van der Waals surface area (Å²) in [4.78, 5) is 38.0. The minimum Gasteiger partial charge on any atom is -0.462 e. The lowest BCUT2D eigenvalue weighted by Gasteiger charge is -2.18. The van der Waals surface area contributed by atoms with Crippen molar-refractivity contribution in [2.75, 3.05) is 13.2 Å². The van der Waals surface area contributed by atoms with Crippen molar-refractivity contribution < 1.29 is 28.6 Å². The predicted molar refractivity (Wildman–Crippen MR) is 275 cm³/mol. The molecule has 6 nitrogen and oxygen atoms in total. The zero-order valence-electron chi connectivity index (χ0n) is 43.1. The van der Waals surface area contributed by atoms with Crippen molar-refractivity contribution in [3.63, 3.8) is 0 Å². The van der Waals surface area contributed by atoms with Crippen LogP contribution in [0.15, 0.2) is 24.3 Å². The molecule has 0 radical (unpaired) electrons. The van der Waals surface area contributed by atoms with Crippen molar-refractivity contribution in [1.82, 2.24) is 0 Å². The molecule has 0 saturated heterocycles. The summed E-state index contributed by atoms with van der Waals surface area (Å²) in [6.07, 6.45) is 61.7. The van der Waals surface area contributed by atoms with E-state index in [1.54, 1.807) is 0 Å². The van der Waals surface area contributed by atoms with Gasteiger partial charge < -0.3 is 14.2 Å². The average molecular weight is 901 g/mol. The topological polar surface area (TPSA) is 78.9 Å². The largest absolute Gasteiger partial charge is 0.462 e. The molecule has 0 bridgehead atoms. The first-order chi connectivity index (χ1) is 31.5. The fraction of sp³-hybridized carbons (Fsp3) is 0.879. The summed E-state index contributed by atoms with van der Waals surface area (Å²) >= 11 is 0. The number of carbonyl (C=O) groups is 3. The quantitative estimate of drug-likeness (QED) is 0.0262. The number of unbranched alkanes of at least 4 members (excludes halogenated alkanes) is 37. The van der Waals surface area contributed by atoms with Gasteiger partial charge in [-0.25, -0.2) is 0 Å². The van der Waals surface area contributed by atoms with Crippen LogP contribution < -0.4 is 0 Å². The Morgan fingerprint density at radius 3 is 0.812 bits per heavy atom. The first kappa shape index (κ1) is 61.9. The summed E-state index contributed by atoms with van der Waals surface area (Å²) in [6.45, 7) is 6.63. The molecule has 0 aromatic heterocycles. The third kappa shape index (κ3) is 50.9. The molecule has 6 heteroatoms. The van der Waals surface area contributed by atoms with Crippen LogP contribution in [-0.4, -0.2) is 37.2 Å². The third-order valence-electron chi connectivity index (χ3n) is 12.7. The number of esters is 3. The van der Waals surface area contributed by atoms with E-state index in [-0.39, 0.29) is 31.1 Å². The normalized spacial score (nSPS) is 12.1. The van der Waals surface area contributed by atoms with Crippen molar-refractivity contribution >= 4 is 17.9 Å². The number of rotatable bonds is 52. The van der Waals surface area contributed by atoms with Gasteiger partial charge in [-0.2, -0.15) is 0 Å². The van der Waals surface area contributed by atoms with Gasteiger partial charge in [0.05, 0.1) is 0 Å². The van der Waals surface area contributed by atoms with Crippen LogP contribution in [0.25, 0.3) is 0 Å². The lowest BCUT2D eigenvalue weighted by atomic mass is 10.0. The van der Waals surface area contributed by atoms with E-state index in [0.717, 1.165) is 70.6 Å². The SMILES string of the molecule is CCCCC/C=C\CCCCCCCC(=O)OCC(COC(=O)CCCCCCCCCCCCCCCCCCCCCC)OC(=O)CCCCCCC/C=C\CCCCCCC. The van der Waals surface area contributed by atoms with Gasteiger partial charge in [-0.15, -0.1) is 0 Å². The molecule has 0 aliphatic heterocycles. The van der Waals surface area contributed by atoms with E-state index in [1.165, 1.54) is 199 Å². The number of carbonyl (C=O) groups excluding carboxylic acids is 3. The van der Waals surface area contributed by atoms with Crippen LogP contribution in [0, 0.1) is 0 Å². The van der Waals surface area contributed by atoms with E-state index < -0.39 is 6.10 Å². The molecule has 0 heterocycles. The van der Waals surface area contributed by atoms with Crippen LogP contribution in [0.1, 0.15) is 310 Å². The Bertz CT molecular complexity index is 1040. The maximum Gasteiger partial charge on any atom is 0.306 e. The molecule has 0 rings (SSSR count). The van der Waals surface area contributed by atoms with Crippen molar-refractivity contribution in [1.29, 1.82) is 0 Å². The molecule has 0 N–H and O–H groups in total. The molecular formula is C58H108O6. The number of hydrogen-bond acceptors (Lipinski definition) is 6. The molecule has 0 spiro atoms. The molecule has 0 saturated carbocycles. The molecular weight excluding hydrogens is 793 g/mol. The minimum atomic E-state index is -0.774. The summed E-state index contributed by atoms with van der Waals surface area (Å²) in [6, 6.07) is 0. The highest BCUT2D eigenvalue weighted by Gasteiger charge is 2.19. The molecule has 0 fully saturated rings. The molecule has 0 aliphatic rings. The number of ether oxygens (including phenoxy) is 3. The van der Waals surface area contributed by atoms with Crippen LogP contribution in [-0.2, 0) is 28.6 Å². The van der Waals surface area contributed by atoms with Gasteiger partial charge in [-0.1, -0.05) is 244 Å². The highest BCUT2D eigenvalue weighted by Crippen LogP contribution is 2.17. The van der Waals surface area contributed by atoms with Gasteiger partial charge in [0, 0.05) is 19.3 Å². The van der Waals surface area contributed by atoms with Crippen LogP contribution in [0.2, 0.25) is 0 Å². The first-order valence-corrected chi connectivity index (χ1v) is 28.3. The van der Waals surface area contributed by atoms with E-state index in [9.17, 15) is 14.4 Å². The first-order valence-electron chi connectivity index (χ1n) is 28.3. The van der Waals surface area contributed by atoms with E-state index in [0.29, 0.717) is 19.3 Å². The van der Waals surface area contributed by atoms with Crippen LogP contribution >= 0.6 is 0 Å². The molecule has 0 aromatic carbocycles. The zero-order chi connectivity index (χ0) is 46.5. The Balaban J connectivity index is 4.28. The second-order valence-electron chi connectivity index (χ2n) is 19.2. The van der Waals surface area contributed by atoms with Gasteiger partial charge in [0.1, 0.15) is 13.2 Å². The summed E-state index contributed by atoms with van der Waals surface area (Å²) in [5, 5.41) is 0. The maximum atomic E-state index is 12.8. The van der Waals surface area contributed by atoms with Gasteiger partial charge in [-0.05, 0) is 70.6 Å². The Morgan fingerprint density at radius 2 is 0.516 bits per heavy atom. The maximum absolute atomic E-state index is 12.8. The van der Waals surface area contributed by atoms with Gasteiger partial charge in [0.25, 0.3) is 0 Å². The van der Waals surface area contributed by atoms with Gasteiger partial charge in [0.15, 0.2) is 6.10 Å². The van der Waals surface area contributed by atoms with Gasteiger partial charge in [-0.3, -0.25) is 14.4 Å². The van der Waals surface area contributed by atoms with Crippen LogP contribution in [0.4, 0.5) is 0 Å². The molecule has 0 aliphatic carbocycles. The van der Waals surface area contributed by atoms with Crippen LogP contribution in [0.3, 0.4) is 0 Å². The van der Waals surface area contributed by atoms with Gasteiger partial charge >= 0.3 is 17.9 Å². The smallest absolute Gasteiger partial charge is 0.306 e. The molecule has 0 amide bonds. The molecule has 376 valence electrons. The summed E-state index contributed by atoms with van der Waals surface area (Å²) in [5.41, 5.74) is 0. The highest BCUT2D eigenvalue weighted by atomic mass is 16.6. The standard InChI is InChI=1S/C58H108O6/c1-4-7-10-13-16-19-22-25-27-28-29-30-31-32-34-36-39-42-45-48-51-57(60)63-54-55(53-62-56(59)50-47-44-41-38-35-24-21-18-15-12-9-6-3)64-58(61)52-49-46-43-40-37-33-26-23-20-17-14-11-8-5-2/h18,21,23,26,55H,4-17,19-20,22,24-25,27-54H2,1-3H3/b21-18-,26-23-. The highest BCUT2D eigenvalue weighted by molar-refractivity contribution is 5.71. The Labute approximate surface area is 398 Å². The molecule has 1 atom stereocenters. The van der Waals surface area contributed by atoms with Crippen molar-refractivity contribution in [2.24, 2.45) is 0 Å². The molecule has 64 heavy (non-hydrogen) atoms. The van der Waals surface area contributed by atoms with Gasteiger partial charge in [0.2, 0.25) is 0 Å². The fourth-order valence-electron chi connectivity index (χ4n) is 8.37. The summed E-state index contributed by atoms with van der Waals surface area (Å²) < 4.78 is 16.8. The molecule has 0 aromatic rings.